The monoisotopic (exact) mass is 581 g/mol. The summed E-state index contributed by atoms with van der Waals surface area (Å²) < 4.78 is 11.1. The second-order valence-electron chi connectivity index (χ2n) is 10.4. The molecule has 6 nitrogen and oxygen atoms in total. The van der Waals surface area contributed by atoms with Crippen molar-refractivity contribution < 1.29 is 23.9 Å². The molecule has 204 valence electrons. The van der Waals surface area contributed by atoms with E-state index in [9.17, 15) is 14.4 Å². The van der Waals surface area contributed by atoms with Gasteiger partial charge in [-0.1, -0.05) is 60.2 Å². The number of nitrogens with zero attached hydrogens (tertiary/aromatic N) is 1. The third kappa shape index (κ3) is 3.46. The van der Waals surface area contributed by atoms with Gasteiger partial charge < -0.3 is 14.4 Å². The summed E-state index contributed by atoms with van der Waals surface area (Å²) in [6.45, 7) is 0. The van der Waals surface area contributed by atoms with Crippen LogP contribution in [0.5, 0.6) is 11.5 Å². The van der Waals surface area contributed by atoms with Crippen LogP contribution in [0.25, 0.3) is 6.08 Å². The molecule has 0 amide bonds. The summed E-state index contributed by atoms with van der Waals surface area (Å²) in [5, 5.41) is 2.41. The van der Waals surface area contributed by atoms with E-state index in [2.05, 4.69) is 0 Å². The van der Waals surface area contributed by atoms with Crippen LogP contribution >= 0.6 is 22.9 Å². The number of ether oxygens (including phenoxy) is 2. The van der Waals surface area contributed by atoms with Crippen LogP contribution in [-0.2, 0) is 0 Å². The normalized spacial score (nSPS) is 21.5. The molecule has 3 heterocycles. The lowest BCUT2D eigenvalue weighted by Gasteiger charge is -2.37. The maximum atomic E-state index is 14.7. The lowest BCUT2D eigenvalue weighted by Crippen LogP contribution is -2.48. The van der Waals surface area contributed by atoms with Gasteiger partial charge in [-0.15, -0.1) is 11.3 Å². The zero-order chi connectivity index (χ0) is 28.5. The smallest absolute Gasteiger partial charge is 0.195 e. The van der Waals surface area contributed by atoms with Gasteiger partial charge in [-0.25, -0.2) is 0 Å². The number of anilines is 1. The Bertz CT molecular complexity index is 1740. The molecule has 2 aliphatic heterocycles. The largest absolute Gasteiger partial charge is 0.493 e. The van der Waals surface area contributed by atoms with E-state index in [1.165, 1.54) is 18.4 Å². The van der Waals surface area contributed by atoms with Crippen molar-refractivity contribution in [3.05, 3.63) is 116 Å². The molecule has 7 rings (SSSR count). The van der Waals surface area contributed by atoms with Gasteiger partial charge in [0.1, 0.15) is 11.5 Å². The molecule has 3 aliphatic rings. The molecule has 3 atom stereocenters. The molecular weight excluding hydrogens is 558 g/mol. The average molecular weight is 582 g/mol. The number of fused-ring (bicyclic) bond motifs is 5. The number of thiophene rings is 1. The second kappa shape index (κ2) is 9.43. The van der Waals surface area contributed by atoms with Crippen molar-refractivity contribution in [3.8, 4) is 11.5 Å². The highest BCUT2D eigenvalue weighted by Gasteiger charge is 2.71. The molecule has 1 aliphatic carbocycles. The molecular formula is C33H24ClNO5S. The topological polar surface area (TPSA) is 72.9 Å². The summed E-state index contributed by atoms with van der Waals surface area (Å²) in [4.78, 5) is 46.5. The molecule has 1 fully saturated rings. The fourth-order valence-electron chi connectivity index (χ4n) is 6.93. The van der Waals surface area contributed by atoms with Crippen LogP contribution in [0.15, 0.2) is 84.3 Å². The van der Waals surface area contributed by atoms with Gasteiger partial charge in [0.25, 0.3) is 0 Å². The number of hydrogen-bond acceptors (Lipinski definition) is 7. The summed E-state index contributed by atoms with van der Waals surface area (Å²) in [5.74, 6) is -0.595. The second-order valence-corrected chi connectivity index (χ2v) is 11.7. The maximum Gasteiger partial charge on any atom is 0.195 e. The molecule has 0 N–H and O–H groups in total. The Kier molecular flexibility index (Phi) is 5.92. The number of carbonyl (C=O) groups excluding carboxylic acids is 3. The van der Waals surface area contributed by atoms with Gasteiger partial charge in [0.05, 0.1) is 25.1 Å². The number of methoxy groups -OCH3 is 2. The highest BCUT2D eigenvalue weighted by atomic mass is 35.5. The number of hydrogen-bond donors (Lipinski definition) is 0. The molecule has 8 heteroatoms. The number of halogens is 1. The summed E-state index contributed by atoms with van der Waals surface area (Å²) >= 11 is 7.70. The van der Waals surface area contributed by atoms with E-state index in [0.717, 1.165) is 11.3 Å². The minimum absolute atomic E-state index is 0.158. The van der Waals surface area contributed by atoms with Gasteiger partial charge in [-0.3, -0.25) is 14.4 Å². The first-order valence-corrected chi connectivity index (χ1v) is 14.4. The Morgan fingerprint density at radius 3 is 2.29 bits per heavy atom. The van der Waals surface area contributed by atoms with Crippen LogP contribution in [0.3, 0.4) is 0 Å². The van der Waals surface area contributed by atoms with E-state index in [1.54, 1.807) is 55.6 Å². The van der Waals surface area contributed by atoms with Gasteiger partial charge in [0.2, 0.25) is 0 Å². The number of benzene rings is 3. The predicted molar refractivity (Wildman–Crippen MR) is 159 cm³/mol. The molecule has 41 heavy (non-hydrogen) atoms. The highest BCUT2D eigenvalue weighted by Crippen LogP contribution is 2.61. The van der Waals surface area contributed by atoms with Gasteiger partial charge in [-0.05, 0) is 52.9 Å². The Balaban J connectivity index is 1.56. The SMILES string of the molecule is COc1ccc([C@H]2[C@H](C(=O)c3cccs3)N3c4ccc(Cl)cc4C=C[C@H]3C23C(=O)c2ccccc2C3=O)cc1OC. The Morgan fingerprint density at radius 2 is 1.63 bits per heavy atom. The van der Waals surface area contributed by atoms with E-state index in [-0.39, 0.29) is 17.3 Å². The first-order valence-electron chi connectivity index (χ1n) is 13.2. The summed E-state index contributed by atoms with van der Waals surface area (Å²) in [6.07, 6.45) is 3.78. The third-order valence-corrected chi connectivity index (χ3v) is 9.68. The zero-order valence-electron chi connectivity index (χ0n) is 22.2. The number of rotatable bonds is 5. The van der Waals surface area contributed by atoms with Crippen molar-refractivity contribution in [3.63, 3.8) is 0 Å². The van der Waals surface area contributed by atoms with Crippen molar-refractivity contribution in [2.24, 2.45) is 5.41 Å². The van der Waals surface area contributed by atoms with Gasteiger partial charge in [0.15, 0.2) is 28.8 Å². The molecule has 3 aromatic carbocycles. The minimum Gasteiger partial charge on any atom is -0.493 e. The number of Topliss-reactive ketones (excluding diaryl/α,β-unsaturated/α-hetero) is 3. The van der Waals surface area contributed by atoms with E-state index in [1.807, 2.05) is 46.7 Å². The van der Waals surface area contributed by atoms with Crippen LogP contribution in [0, 0.1) is 5.41 Å². The van der Waals surface area contributed by atoms with Crippen LogP contribution in [0.4, 0.5) is 5.69 Å². The molecule has 0 radical (unpaired) electrons. The van der Waals surface area contributed by atoms with Gasteiger partial charge >= 0.3 is 0 Å². The van der Waals surface area contributed by atoms with Crippen molar-refractivity contribution in [1.29, 1.82) is 0 Å². The quantitative estimate of drug-likeness (QED) is 0.192. The average Bonchev–Trinajstić information content (AvgIpc) is 3.70. The number of ketones is 3. The molecule has 0 bridgehead atoms. The standard InChI is InChI=1S/C33H24ClNO5S/c1-39-24-13-9-19(17-25(24)40-2)28-29(30(36)26-8-5-15-41-26)35-23-12-11-20(34)16-18(23)10-14-27(35)33(28)31(37)21-6-3-4-7-22(21)32(33)38/h3-17,27-29H,1-2H3/t27-,28-,29+/m0/s1. The Morgan fingerprint density at radius 1 is 0.902 bits per heavy atom. The molecule has 4 aromatic rings. The van der Waals surface area contributed by atoms with Crippen molar-refractivity contribution >= 4 is 52.1 Å². The fourth-order valence-corrected chi connectivity index (χ4v) is 7.81. The summed E-state index contributed by atoms with van der Waals surface area (Å²) in [7, 11) is 3.08. The van der Waals surface area contributed by atoms with Crippen LogP contribution in [0.1, 0.15) is 47.4 Å². The van der Waals surface area contributed by atoms with E-state index in [0.29, 0.717) is 38.1 Å². The van der Waals surface area contributed by atoms with Crippen molar-refractivity contribution in [2.75, 3.05) is 19.1 Å². The van der Waals surface area contributed by atoms with Crippen LogP contribution in [0.2, 0.25) is 5.02 Å². The maximum absolute atomic E-state index is 14.7. The van der Waals surface area contributed by atoms with Crippen molar-refractivity contribution in [1.82, 2.24) is 0 Å². The first-order chi connectivity index (χ1) is 19.9. The molecule has 1 aromatic heterocycles. The van der Waals surface area contributed by atoms with E-state index in [4.69, 9.17) is 21.1 Å². The van der Waals surface area contributed by atoms with Gasteiger partial charge in [0, 0.05) is 27.8 Å². The highest BCUT2D eigenvalue weighted by molar-refractivity contribution is 7.12. The van der Waals surface area contributed by atoms with E-state index < -0.39 is 23.4 Å². The summed E-state index contributed by atoms with van der Waals surface area (Å²) in [5.41, 5.74) is 1.37. The van der Waals surface area contributed by atoms with E-state index >= 15 is 0 Å². The summed E-state index contributed by atoms with van der Waals surface area (Å²) in [6, 6.07) is 19.8. The minimum atomic E-state index is -1.59. The third-order valence-electron chi connectivity index (χ3n) is 8.57. The number of carbonyl (C=O) groups is 3. The Hall–Kier alpha value is -4.20. The van der Waals surface area contributed by atoms with Crippen LogP contribution < -0.4 is 14.4 Å². The predicted octanol–water partition coefficient (Wildman–Crippen LogP) is 6.74. The van der Waals surface area contributed by atoms with Crippen LogP contribution in [-0.4, -0.2) is 43.7 Å². The fraction of sp³-hybridized carbons (Fsp3) is 0.182. The lowest BCUT2D eigenvalue weighted by atomic mass is 9.64. The Labute approximate surface area is 245 Å². The molecule has 1 spiro atoms. The molecule has 0 saturated carbocycles. The lowest BCUT2D eigenvalue weighted by molar-refractivity contribution is 0.0666. The van der Waals surface area contributed by atoms with Crippen molar-refractivity contribution in [2.45, 2.75) is 18.0 Å². The first kappa shape index (κ1) is 25.7. The molecule has 1 saturated heterocycles. The van der Waals surface area contributed by atoms with Gasteiger partial charge in [-0.2, -0.15) is 0 Å². The molecule has 0 unspecified atom stereocenters. The zero-order valence-corrected chi connectivity index (χ0v) is 23.7.